The molecule has 1 atom stereocenters. The molecule has 1 aromatic carbocycles. The molecule has 0 saturated carbocycles. The van der Waals surface area contributed by atoms with Gasteiger partial charge in [-0.1, -0.05) is 23.7 Å². The third kappa shape index (κ3) is 3.42. The maximum absolute atomic E-state index is 12.8. The predicted molar refractivity (Wildman–Crippen MR) is 101 cm³/mol. The minimum absolute atomic E-state index is 0.0309. The Bertz CT molecular complexity index is 1050. The minimum atomic E-state index is -0.202. The van der Waals surface area contributed by atoms with Crippen molar-refractivity contribution in [1.82, 2.24) is 20.1 Å². The van der Waals surface area contributed by atoms with E-state index in [-0.39, 0.29) is 17.6 Å². The Morgan fingerprint density at radius 3 is 3.00 bits per heavy atom. The van der Waals surface area contributed by atoms with Gasteiger partial charge in [0.15, 0.2) is 0 Å². The van der Waals surface area contributed by atoms with Crippen LogP contribution < -0.4 is 11.0 Å². The van der Waals surface area contributed by atoms with Crippen LogP contribution in [0, 0.1) is 6.92 Å². The first-order valence-corrected chi connectivity index (χ1v) is 9.21. The summed E-state index contributed by atoms with van der Waals surface area (Å²) in [6.07, 6.45) is 2.04. The first-order chi connectivity index (χ1) is 13.0. The Morgan fingerprint density at radius 2 is 2.19 bits per heavy atom. The zero-order valence-corrected chi connectivity index (χ0v) is 15.5. The van der Waals surface area contributed by atoms with Crippen molar-refractivity contribution in [1.29, 1.82) is 0 Å². The van der Waals surface area contributed by atoms with Crippen LogP contribution in [-0.2, 0) is 13.0 Å². The highest BCUT2D eigenvalue weighted by Gasteiger charge is 2.23. The SMILES string of the molecule is Cc1oc(-c2ccccc2Cl)cc1C(=O)NC1CCc2n[nH]c(=O)n2CC1. The van der Waals surface area contributed by atoms with Gasteiger partial charge in [0.2, 0.25) is 0 Å². The van der Waals surface area contributed by atoms with Gasteiger partial charge in [-0.3, -0.25) is 9.36 Å². The Kier molecular flexibility index (Phi) is 4.61. The van der Waals surface area contributed by atoms with Crippen molar-refractivity contribution >= 4 is 17.5 Å². The van der Waals surface area contributed by atoms with Gasteiger partial charge in [0.1, 0.15) is 17.3 Å². The molecule has 1 aliphatic rings. The number of carbonyl (C=O) groups excluding carboxylic acids is 1. The molecule has 1 unspecified atom stereocenters. The normalized spacial score (nSPS) is 16.6. The number of fused-ring (bicyclic) bond motifs is 1. The summed E-state index contributed by atoms with van der Waals surface area (Å²) in [6.45, 7) is 2.29. The molecule has 3 aromatic rings. The lowest BCUT2D eigenvalue weighted by Crippen LogP contribution is -2.35. The number of aryl methyl sites for hydroxylation is 2. The van der Waals surface area contributed by atoms with Crippen molar-refractivity contribution in [3.8, 4) is 11.3 Å². The molecular weight excluding hydrogens is 368 g/mol. The fraction of sp³-hybridized carbons (Fsp3) is 0.316. The molecule has 0 fully saturated rings. The maximum Gasteiger partial charge on any atom is 0.343 e. The van der Waals surface area contributed by atoms with Gasteiger partial charge in [0, 0.05) is 24.6 Å². The zero-order valence-electron chi connectivity index (χ0n) is 14.8. The molecule has 4 rings (SSSR count). The molecule has 0 aliphatic carbocycles. The second-order valence-corrected chi connectivity index (χ2v) is 7.06. The highest BCUT2D eigenvalue weighted by Crippen LogP contribution is 2.31. The van der Waals surface area contributed by atoms with E-state index in [1.165, 1.54) is 0 Å². The summed E-state index contributed by atoms with van der Waals surface area (Å²) in [4.78, 5) is 24.5. The van der Waals surface area contributed by atoms with Crippen molar-refractivity contribution in [2.24, 2.45) is 0 Å². The molecule has 0 saturated heterocycles. The van der Waals surface area contributed by atoms with Crippen LogP contribution in [0.4, 0.5) is 0 Å². The van der Waals surface area contributed by atoms with Crippen LogP contribution in [0.3, 0.4) is 0 Å². The van der Waals surface area contributed by atoms with E-state index < -0.39 is 0 Å². The van der Waals surface area contributed by atoms with Gasteiger partial charge in [0.05, 0.1) is 10.6 Å². The monoisotopic (exact) mass is 386 g/mol. The molecule has 7 nitrogen and oxygen atoms in total. The van der Waals surface area contributed by atoms with Crippen LogP contribution in [-0.4, -0.2) is 26.7 Å². The number of furan rings is 1. The lowest BCUT2D eigenvalue weighted by molar-refractivity contribution is 0.0931. The number of amides is 1. The van der Waals surface area contributed by atoms with Crippen molar-refractivity contribution in [3.05, 3.63) is 63.0 Å². The van der Waals surface area contributed by atoms with Crippen LogP contribution >= 0.6 is 11.6 Å². The van der Waals surface area contributed by atoms with E-state index >= 15 is 0 Å². The average molecular weight is 387 g/mol. The van der Waals surface area contributed by atoms with Crippen molar-refractivity contribution in [3.63, 3.8) is 0 Å². The van der Waals surface area contributed by atoms with E-state index in [0.29, 0.717) is 41.5 Å². The number of nitrogens with zero attached hydrogens (tertiary/aromatic N) is 2. The first kappa shape index (κ1) is 17.6. The van der Waals surface area contributed by atoms with Crippen LogP contribution in [0.5, 0.6) is 0 Å². The summed E-state index contributed by atoms with van der Waals surface area (Å²) in [6, 6.07) is 9.04. The molecule has 2 N–H and O–H groups in total. The van der Waals surface area contributed by atoms with Gasteiger partial charge in [0.25, 0.3) is 5.91 Å². The number of benzene rings is 1. The summed E-state index contributed by atoms with van der Waals surface area (Å²) in [7, 11) is 0. The van der Waals surface area contributed by atoms with Gasteiger partial charge < -0.3 is 9.73 Å². The highest BCUT2D eigenvalue weighted by molar-refractivity contribution is 6.33. The lowest BCUT2D eigenvalue weighted by atomic mass is 10.1. The molecule has 140 valence electrons. The number of nitrogens with one attached hydrogen (secondary N) is 2. The third-order valence-electron chi connectivity index (χ3n) is 4.89. The topological polar surface area (TPSA) is 92.9 Å². The summed E-state index contributed by atoms with van der Waals surface area (Å²) in [5.41, 5.74) is 1.04. The summed E-state index contributed by atoms with van der Waals surface area (Å²) >= 11 is 6.22. The van der Waals surface area contributed by atoms with E-state index in [1.54, 1.807) is 23.6 Å². The van der Waals surface area contributed by atoms with Gasteiger partial charge >= 0.3 is 5.69 Å². The van der Waals surface area contributed by atoms with Crippen LogP contribution in [0.25, 0.3) is 11.3 Å². The number of halogens is 1. The molecule has 1 amide bonds. The summed E-state index contributed by atoms with van der Waals surface area (Å²) in [5.74, 6) is 1.65. The molecular formula is C19H19ClN4O3. The van der Waals surface area contributed by atoms with Gasteiger partial charge in [-0.15, -0.1) is 0 Å². The van der Waals surface area contributed by atoms with Crippen LogP contribution in [0.2, 0.25) is 5.02 Å². The molecule has 27 heavy (non-hydrogen) atoms. The quantitative estimate of drug-likeness (QED) is 0.723. The van der Waals surface area contributed by atoms with E-state index in [9.17, 15) is 9.59 Å². The van der Waals surface area contributed by atoms with Crippen molar-refractivity contribution in [2.75, 3.05) is 0 Å². The van der Waals surface area contributed by atoms with Gasteiger partial charge in [-0.05, 0) is 38.0 Å². The van der Waals surface area contributed by atoms with Gasteiger partial charge in [-0.2, -0.15) is 5.10 Å². The van der Waals surface area contributed by atoms with E-state index in [0.717, 1.165) is 17.8 Å². The zero-order chi connectivity index (χ0) is 19.0. The smallest absolute Gasteiger partial charge is 0.343 e. The first-order valence-electron chi connectivity index (χ1n) is 8.83. The Balaban J connectivity index is 1.49. The fourth-order valence-electron chi connectivity index (χ4n) is 3.41. The second kappa shape index (κ2) is 7.08. The standard InChI is InChI=1S/C19H19ClN4O3/c1-11-14(10-16(27-11)13-4-2-3-5-15(13)20)18(25)21-12-6-7-17-22-23-19(26)24(17)9-8-12/h2-5,10,12H,6-9H2,1H3,(H,21,25)(H,23,26). The predicted octanol–water partition coefficient (Wildman–Crippen LogP) is 2.93. The molecule has 8 heteroatoms. The number of aromatic amines is 1. The number of H-pyrrole nitrogens is 1. The lowest BCUT2D eigenvalue weighted by Gasteiger charge is -2.15. The van der Waals surface area contributed by atoms with E-state index in [4.69, 9.17) is 16.0 Å². The van der Waals surface area contributed by atoms with Crippen molar-refractivity contribution < 1.29 is 9.21 Å². The van der Waals surface area contributed by atoms with E-state index in [2.05, 4.69) is 15.5 Å². The second-order valence-electron chi connectivity index (χ2n) is 6.65. The van der Waals surface area contributed by atoms with Crippen molar-refractivity contribution in [2.45, 2.75) is 38.8 Å². The molecule has 0 spiro atoms. The Morgan fingerprint density at radius 1 is 1.37 bits per heavy atom. The largest absolute Gasteiger partial charge is 0.460 e. The van der Waals surface area contributed by atoms with Crippen LogP contribution in [0.1, 0.15) is 34.8 Å². The van der Waals surface area contributed by atoms with Crippen LogP contribution in [0.15, 0.2) is 39.5 Å². The summed E-state index contributed by atoms with van der Waals surface area (Å²) in [5, 5.41) is 10.1. The average Bonchev–Trinajstić information content (AvgIpc) is 3.13. The van der Waals surface area contributed by atoms with E-state index in [1.807, 2.05) is 18.2 Å². The van der Waals surface area contributed by atoms with Gasteiger partial charge in [-0.25, -0.2) is 9.89 Å². The Hall–Kier alpha value is -2.80. The number of carbonyl (C=O) groups is 1. The number of hydrogen-bond donors (Lipinski definition) is 2. The minimum Gasteiger partial charge on any atom is -0.460 e. The summed E-state index contributed by atoms with van der Waals surface area (Å²) < 4.78 is 7.40. The number of aromatic nitrogens is 3. The molecule has 2 aromatic heterocycles. The number of hydrogen-bond acceptors (Lipinski definition) is 4. The molecule has 3 heterocycles. The number of rotatable bonds is 3. The molecule has 0 radical (unpaired) electrons. The Labute approximate surface area is 160 Å². The fourth-order valence-corrected chi connectivity index (χ4v) is 3.64. The molecule has 1 aliphatic heterocycles. The molecule has 0 bridgehead atoms. The highest BCUT2D eigenvalue weighted by atomic mass is 35.5. The third-order valence-corrected chi connectivity index (χ3v) is 5.22. The maximum atomic E-state index is 12.8.